The van der Waals surface area contributed by atoms with E-state index < -0.39 is 0 Å². The second-order valence-corrected chi connectivity index (χ2v) is 7.83. The van der Waals surface area contributed by atoms with Crippen LogP contribution in [0.2, 0.25) is 0 Å². The summed E-state index contributed by atoms with van der Waals surface area (Å²) >= 11 is 0. The molecular weight excluding hydrogens is 334 g/mol. The van der Waals surface area contributed by atoms with Crippen LogP contribution in [0.5, 0.6) is 0 Å². The lowest BCUT2D eigenvalue weighted by Crippen LogP contribution is -2.24. The minimum absolute atomic E-state index is 0.134. The lowest BCUT2D eigenvalue weighted by Gasteiger charge is -2.19. The van der Waals surface area contributed by atoms with Gasteiger partial charge < -0.3 is 9.47 Å². The van der Waals surface area contributed by atoms with Crippen LogP contribution < -0.4 is 4.90 Å². The van der Waals surface area contributed by atoms with Crippen LogP contribution in [0.4, 0.5) is 5.69 Å². The Morgan fingerprint density at radius 3 is 2.78 bits per heavy atom. The number of hydrogen-bond acceptors (Lipinski definition) is 2. The number of rotatable bonds is 5. The molecule has 1 aliphatic rings. The molecule has 140 valence electrons. The van der Waals surface area contributed by atoms with E-state index in [2.05, 4.69) is 55.7 Å². The number of para-hydroxylation sites is 2. The fraction of sp³-hybridized carbons (Fsp3) is 0.391. The molecule has 2 atom stereocenters. The van der Waals surface area contributed by atoms with Crippen LogP contribution in [0.1, 0.15) is 44.0 Å². The van der Waals surface area contributed by atoms with Crippen LogP contribution >= 0.6 is 0 Å². The third-order valence-electron chi connectivity index (χ3n) is 5.68. The van der Waals surface area contributed by atoms with Crippen molar-refractivity contribution >= 4 is 22.6 Å². The number of amides is 1. The molecule has 0 spiro atoms. The topological polar surface area (TPSA) is 38.1 Å². The number of nitrogens with zero attached hydrogens (tertiary/aromatic N) is 3. The molecule has 0 N–H and O–H groups in total. The van der Waals surface area contributed by atoms with E-state index in [0.717, 1.165) is 30.0 Å². The lowest BCUT2D eigenvalue weighted by molar-refractivity contribution is -0.117. The Kier molecular flexibility index (Phi) is 4.73. The monoisotopic (exact) mass is 361 g/mol. The SMILES string of the molecule is CCC(C)Cn1c(C2CC(=O)N(c3cccc(C)c3)C2)nc2ccccc21. The summed E-state index contributed by atoms with van der Waals surface area (Å²) in [5, 5.41) is 0. The summed E-state index contributed by atoms with van der Waals surface area (Å²) in [6.07, 6.45) is 1.66. The van der Waals surface area contributed by atoms with Crippen molar-refractivity contribution in [1.29, 1.82) is 0 Å². The van der Waals surface area contributed by atoms with Gasteiger partial charge in [-0.3, -0.25) is 4.79 Å². The summed E-state index contributed by atoms with van der Waals surface area (Å²) in [6, 6.07) is 16.5. The summed E-state index contributed by atoms with van der Waals surface area (Å²) in [5.74, 6) is 1.95. The average molecular weight is 361 g/mol. The maximum atomic E-state index is 12.8. The van der Waals surface area contributed by atoms with Crippen LogP contribution in [-0.2, 0) is 11.3 Å². The Balaban J connectivity index is 1.70. The number of carbonyl (C=O) groups excluding carboxylic acids is 1. The van der Waals surface area contributed by atoms with Crippen molar-refractivity contribution in [3.63, 3.8) is 0 Å². The van der Waals surface area contributed by atoms with Gasteiger partial charge in [0.25, 0.3) is 0 Å². The fourth-order valence-corrected chi connectivity index (χ4v) is 3.96. The molecule has 2 unspecified atom stereocenters. The Labute approximate surface area is 160 Å². The second kappa shape index (κ2) is 7.18. The largest absolute Gasteiger partial charge is 0.327 e. The Hall–Kier alpha value is -2.62. The molecule has 0 aliphatic carbocycles. The minimum atomic E-state index is 0.134. The highest BCUT2D eigenvalue weighted by atomic mass is 16.2. The molecule has 27 heavy (non-hydrogen) atoms. The maximum Gasteiger partial charge on any atom is 0.227 e. The average Bonchev–Trinajstić information content (AvgIpc) is 3.22. The van der Waals surface area contributed by atoms with Crippen LogP contribution in [0.3, 0.4) is 0 Å². The summed E-state index contributed by atoms with van der Waals surface area (Å²) in [5.41, 5.74) is 4.37. The third-order valence-corrected chi connectivity index (χ3v) is 5.68. The molecule has 0 saturated carbocycles. The number of carbonyl (C=O) groups is 1. The van der Waals surface area contributed by atoms with Crippen molar-refractivity contribution in [1.82, 2.24) is 9.55 Å². The van der Waals surface area contributed by atoms with Gasteiger partial charge in [-0.1, -0.05) is 44.5 Å². The normalized spacial score (nSPS) is 18.4. The van der Waals surface area contributed by atoms with E-state index in [0.29, 0.717) is 18.9 Å². The first-order valence-electron chi connectivity index (χ1n) is 9.89. The van der Waals surface area contributed by atoms with E-state index in [9.17, 15) is 4.79 Å². The van der Waals surface area contributed by atoms with Gasteiger partial charge in [0.05, 0.1) is 11.0 Å². The molecule has 1 aliphatic heterocycles. The van der Waals surface area contributed by atoms with Gasteiger partial charge in [-0.15, -0.1) is 0 Å². The summed E-state index contributed by atoms with van der Waals surface area (Å²) < 4.78 is 2.35. The van der Waals surface area contributed by atoms with Gasteiger partial charge in [0.2, 0.25) is 5.91 Å². The molecule has 0 bridgehead atoms. The maximum absolute atomic E-state index is 12.8. The van der Waals surface area contributed by atoms with E-state index in [4.69, 9.17) is 4.98 Å². The number of benzene rings is 2. The molecule has 4 nitrogen and oxygen atoms in total. The minimum Gasteiger partial charge on any atom is -0.327 e. The first kappa shape index (κ1) is 17.8. The van der Waals surface area contributed by atoms with Gasteiger partial charge >= 0.3 is 0 Å². The summed E-state index contributed by atoms with van der Waals surface area (Å²) in [7, 11) is 0. The highest BCUT2D eigenvalue weighted by Gasteiger charge is 2.35. The van der Waals surface area contributed by atoms with Gasteiger partial charge in [-0.2, -0.15) is 0 Å². The molecular formula is C23H27N3O. The number of aromatic nitrogens is 2. The third kappa shape index (κ3) is 3.36. The van der Waals surface area contributed by atoms with Gasteiger partial charge in [0.15, 0.2) is 0 Å². The predicted molar refractivity (Wildman–Crippen MR) is 110 cm³/mol. The van der Waals surface area contributed by atoms with E-state index in [1.165, 1.54) is 11.1 Å². The molecule has 1 amide bonds. The first-order chi connectivity index (χ1) is 13.1. The molecule has 2 aromatic carbocycles. The Morgan fingerprint density at radius 1 is 1.19 bits per heavy atom. The summed E-state index contributed by atoms with van der Waals surface area (Å²) in [6.45, 7) is 8.21. The smallest absolute Gasteiger partial charge is 0.227 e. The molecule has 1 saturated heterocycles. The van der Waals surface area contributed by atoms with Crippen molar-refractivity contribution < 1.29 is 4.79 Å². The van der Waals surface area contributed by atoms with Crippen LogP contribution in [0.25, 0.3) is 11.0 Å². The quantitative estimate of drug-likeness (QED) is 0.647. The molecule has 2 heterocycles. The molecule has 1 aromatic heterocycles. The van der Waals surface area contributed by atoms with Crippen LogP contribution in [0, 0.1) is 12.8 Å². The second-order valence-electron chi connectivity index (χ2n) is 7.83. The zero-order valence-corrected chi connectivity index (χ0v) is 16.4. The van der Waals surface area contributed by atoms with E-state index in [1.807, 2.05) is 23.1 Å². The van der Waals surface area contributed by atoms with Crippen molar-refractivity contribution in [2.45, 2.75) is 46.1 Å². The van der Waals surface area contributed by atoms with Crippen molar-refractivity contribution in [3.05, 3.63) is 59.9 Å². The van der Waals surface area contributed by atoms with Crippen molar-refractivity contribution in [2.75, 3.05) is 11.4 Å². The van der Waals surface area contributed by atoms with Gasteiger partial charge in [0.1, 0.15) is 5.82 Å². The van der Waals surface area contributed by atoms with Crippen LogP contribution in [0.15, 0.2) is 48.5 Å². The van der Waals surface area contributed by atoms with Gasteiger partial charge in [-0.05, 0) is 42.7 Å². The molecule has 0 radical (unpaired) electrons. The van der Waals surface area contributed by atoms with Gasteiger partial charge in [-0.25, -0.2) is 4.98 Å². The number of aryl methyl sites for hydroxylation is 1. The Morgan fingerprint density at radius 2 is 2.00 bits per heavy atom. The molecule has 4 rings (SSSR count). The molecule has 3 aromatic rings. The van der Waals surface area contributed by atoms with Gasteiger partial charge in [0, 0.05) is 31.1 Å². The molecule has 4 heteroatoms. The van der Waals surface area contributed by atoms with Crippen molar-refractivity contribution in [2.24, 2.45) is 5.92 Å². The van der Waals surface area contributed by atoms with Crippen LogP contribution in [-0.4, -0.2) is 22.0 Å². The Bertz CT molecular complexity index is 975. The van der Waals surface area contributed by atoms with E-state index in [1.54, 1.807) is 0 Å². The number of fused-ring (bicyclic) bond motifs is 1. The highest BCUT2D eigenvalue weighted by Crippen LogP contribution is 2.34. The number of imidazole rings is 1. The first-order valence-corrected chi connectivity index (χ1v) is 9.89. The zero-order valence-electron chi connectivity index (χ0n) is 16.4. The number of hydrogen-bond donors (Lipinski definition) is 0. The highest BCUT2D eigenvalue weighted by molar-refractivity contribution is 5.96. The van der Waals surface area contributed by atoms with E-state index >= 15 is 0 Å². The van der Waals surface area contributed by atoms with E-state index in [-0.39, 0.29) is 11.8 Å². The number of anilines is 1. The van der Waals surface area contributed by atoms with Crippen molar-refractivity contribution in [3.8, 4) is 0 Å². The fourth-order valence-electron chi connectivity index (χ4n) is 3.96. The summed E-state index contributed by atoms with van der Waals surface area (Å²) in [4.78, 5) is 19.6. The lowest BCUT2D eigenvalue weighted by atomic mass is 10.1. The standard InChI is InChI=1S/C23H27N3O/c1-4-16(2)14-26-21-11-6-5-10-20(21)24-23(26)18-13-22(27)25(15-18)19-9-7-8-17(3)12-19/h5-12,16,18H,4,13-15H2,1-3H3. The predicted octanol–water partition coefficient (Wildman–Crippen LogP) is 4.91. The zero-order chi connectivity index (χ0) is 19.0. The molecule has 1 fully saturated rings.